The molecule has 0 atom stereocenters. The smallest absolute Gasteiger partial charge is 0.0230 e. The van der Waals surface area contributed by atoms with Crippen LogP contribution in [0.15, 0.2) is 0 Å². The lowest BCUT2D eigenvalue weighted by atomic mass is 9.98. The van der Waals surface area contributed by atoms with Gasteiger partial charge in [-0.1, -0.05) is 19.8 Å². The molecule has 0 rings (SSSR count). The Morgan fingerprint density at radius 1 is 1.25 bits per heavy atom. The zero-order valence-corrected chi connectivity index (χ0v) is 8.99. The third-order valence-electron chi connectivity index (χ3n) is 1.27. The molecule has 0 aliphatic rings. The summed E-state index contributed by atoms with van der Waals surface area (Å²) in [6, 6.07) is 0.571. The van der Waals surface area contributed by atoms with E-state index in [-0.39, 0.29) is 5.41 Å². The first-order valence-corrected chi connectivity index (χ1v) is 4.65. The first kappa shape index (κ1) is 11.5. The van der Waals surface area contributed by atoms with E-state index in [2.05, 4.69) is 51.8 Å². The van der Waals surface area contributed by atoms with Gasteiger partial charge in [-0.05, 0) is 20.8 Å². The molecule has 0 bridgehead atoms. The van der Waals surface area contributed by atoms with Gasteiger partial charge < -0.3 is 5.32 Å². The fraction of sp³-hybridized carbons (Fsp3) is 0.818. The molecule has 0 heterocycles. The Bertz CT molecular complexity index is 164. The Balaban J connectivity index is 3.47. The average molecular weight is 167 g/mol. The summed E-state index contributed by atoms with van der Waals surface area (Å²) in [7, 11) is 0. The van der Waals surface area contributed by atoms with Crippen molar-refractivity contribution in [2.24, 2.45) is 5.41 Å². The van der Waals surface area contributed by atoms with Crippen LogP contribution in [0, 0.1) is 17.3 Å². The van der Waals surface area contributed by atoms with Crippen molar-refractivity contribution >= 4 is 0 Å². The Hall–Kier alpha value is -0.480. The Labute approximate surface area is 76.9 Å². The molecule has 0 spiro atoms. The molecule has 0 aromatic carbocycles. The van der Waals surface area contributed by atoms with Crippen LogP contribution < -0.4 is 5.32 Å². The third kappa shape index (κ3) is 9.52. The first-order valence-electron chi connectivity index (χ1n) is 4.65. The Kier molecular flexibility index (Phi) is 5.01. The van der Waals surface area contributed by atoms with E-state index < -0.39 is 0 Å². The summed E-state index contributed by atoms with van der Waals surface area (Å²) in [5, 5.41) is 3.33. The molecule has 12 heavy (non-hydrogen) atoms. The van der Waals surface area contributed by atoms with E-state index in [1.165, 1.54) is 0 Å². The molecule has 0 unspecified atom stereocenters. The van der Waals surface area contributed by atoms with Gasteiger partial charge in [-0.3, -0.25) is 0 Å². The molecule has 1 heteroatoms. The molecular formula is C11H21N. The fourth-order valence-corrected chi connectivity index (χ4v) is 0.751. The standard InChI is InChI=1S/C11H21N/c1-10(2)12-9-7-6-8-11(3,4)5/h10,12H,7,9H2,1-5H3. The summed E-state index contributed by atoms with van der Waals surface area (Å²) in [4.78, 5) is 0. The van der Waals surface area contributed by atoms with Crippen LogP contribution in [-0.4, -0.2) is 12.6 Å². The van der Waals surface area contributed by atoms with Gasteiger partial charge in [0.05, 0.1) is 0 Å². The first-order chi connectivity index (χ1) is 5.42. The lowest BCUT2D eigenvalue weighted by Crippen LogP contribution is -2.23. The maximum absolute atomic E-state index is 3.33. The number of hydrogen-bond acceptors (Lipinski definition) is 1. The van der Waals surface area contributed by atoms with Crippen LogP contribution >= 0.6 is 0 Å². The zero-order valence-electron chi connectivity index (χ0n) is 8.99. The van der Waals surface area contributed by atoms with Gasteiger partial charge in [0.2, 0.25) is 0 Å². The molecule has 1 N–H and O–H groups in total. The molecule has 0 aliphatic heterocycles. The van der Waals surface area contributed by atoms with E-state index in [4.69, 9.17) is 0 Å². The second-order valence-electron chi connectivity index (χ2n) is 4.41. The van der Waals surface area contributed by atoms with Gasteiger partial charge in [0.15, 0.2) is 0 Å². The van der Waals surface area contributed by atoms with E-state index >= 15 is 0 Å². The third-order valence-corrected chi connectivity index (χ3v) is 1.27. The SMILES string of the molecule is CC(C)NCCC#CC(C)(C)C. The van der Waals surface area contributed by atoms with Gasteiger partial charge in [0, 0.05) is 24.4 Å². The number of hydrogen-bond donors (Lipinski definition) is 1. The number of nitrogens with one attached hydrogen (secondary N) is 1. The van der Waals surface area contributed by atoms with Gasteiger partial charge in [0.25, 0.3) is 0 Å². The largest absolute Gasteiger partial charge is 0.314 e. The van der Waals surface area contributed by atoms with Crippen LogP contribution in [-0.2, 0) is 0 Å². The van der Waals surface area contributed by atoms with Gasteiger partial charge in [-0.2, -0.15) is 0 Å². The van der Waals surface area contributed by atoms with Crippen LogP contribution in [0.5, 0.6) is 0 Å². The summed E-state index contributed by atoms with van der Waals surface area (Å²) in [6.07, 6.45) is 0.954. The number of rotatable bonds is 3. The lowest BCUT2D eigenvalue weighted by molar-refractivity contribution is 0.568. The highest BCUT2D eigenvalue weighted by atomic mass is 14.9. The predicted molar refractivity (Wildman–Crippen MR) is 55.0 cm³/mol. The average Bonchev–Trinajstić information content (AvgIpc) is 1.83. The van der Waals surface area contributed by atoms with E-state index in [0.29, 0.717) is 6.04 Å². The zero-order chi connectivity index (χ0) is 9.61. The Morgan fingerprint density at radius 3 is 2.25 bits per heavy atom. The summed E-state index contributed by atoms with van der Waals surface area (Å²) >= 11 is 0. The van der Waals surface area contributed by atoms with Crippen LogP contribution in [0.25, 0.3) is 0 Å². The van der Waals surface area contributed by atoms with E-state index in [9.17, 15) is 0 Å². The van der Waals surface area contributed by atoms with Gasteiger partial charge in [0.1, 0.15) is 0 Å². The van der Waals surface area contributed by atoms with Gasteiger partial charge in [-0.15, -0.1) is 5.92 Å². The molecule has 0 saturated carbocycles. The maximum atomic E-state index is 3.33. The monoisotopic (exact) mass is 167 g/mol. The van der Waals surface area contributed by atoms with Crippen molar-refractivity contribution in [2.45, 2.75) is 47.1 Å². The van der Waals surface area contributed by atoms with Crippen molar-refractivity contribution in [2.75, 3.05) is 6.54 Å². The minimum atomic E-state index is 0.151. The fourth-order valence-electron chi connectivity index (χ4n) is 0.751. The molecule has 0 amide bonds. The van der Waals surface area contributed by atoms with Crippen LogP contribution in [0.4, 0.5) is 0 Å². The minimum Gasteiger partial charge on any atom is -0.314 e. The molecule has 0 aromatic rings. The Morgan fingerprint density at radius 2 is 1.83 bits per heavy atom. The van der Waals surface area contributed by atoms with Gasteiger partial charge >= 0.3 is 0 Å². The highest BCUT2D eigenvalue weighted by Crippen LogP contribution is 2.09. The van der Waals surface area contributed by atoms with Crippen molar-refractivity contribution in [1.82, 2.24) is 5.32 Å². The molecule has 1 nitrogen and oxygen atoms in total. The lowest BCUT2D eigenvalue weighted by Gasteiger charge is -2.07. The van der Waals surface area contributed by atoms with Crippen molar-refractivity contribution < 1.29 is 0 Å². The predicted octanol–water partition coefficient (Wildman–Crippen LogP) is 2.42. The highest BCUT2D eigenvalue weighted by molar-refractivity contribution is 5.07. The van der Waals surface area contributed by atoms with Crippen molar-refractivity contribution in [3.63, 3.8) is 0 Å². The molecule has 0 fully saturated rings. The summed E-state index contributed by atoms with van der Waals surface area (Å²) in [6.45, 7) is 11.7. The van der Waals surface area contributed by atoms with Crippen molar-refractivity contribution in [3.05, 3.63) is 0 Å². The van der Waals surface area contributed by atoms with E-state index in [0.717, 1.165) is 13.0 Å². The minimum absolute atomic E-state index is 0.151. The summed E-state index contributed by atoms with van der Waals surface area (Å²) < 4.78 is 0. The molecule has 0 aromatic heterocycles. The van der Waals surface area contributed by atoms with Crippen LogP contribution in [0.2, 0.25) is 0 Å². The van der Waals surface area contributed by atoms with E-state index in [1.807, 2.05) is 0 Å². The van der Waals surface area contributed by atoms with Crippen molar-refractivity contribution in [1.29, 1.82) is 0 Å². The molecule has 0 aliphatic carbocycles. The second kappa shape index (κ2) is 5.22. The maximum Gasteiger partial charge on any atom is 0.0230 e. The van der Waals surface area contributed by atoms with Crippen LogP contribution in [0.1, 0.15) is 41.0 Å². The normalized spacial score (nSPS) is 11.2. The van der Waals surface area contributed by atoms with Crippen molar-refractivity contribution in [3.8, 4) is 11.8 Å². The topological polar surface area (TPSA) is 12.0 Å². The molecule has 0 saturated heterocycles. The molecule has 70 valence electrons. The quantitative estimate of drug-likeness (QED) is 0.503. The van der Waals surface area contributed by atoms with E-state index in [1.54, 1.807) is 0 Å². The highest BCUT2D eigenvalue weighted by Gasteiger charge is 2.02. The second-order valence-corrected chi connectivity index (χ2v) is 4.41. The van der Waals surface area contributed by atoms with Crippen LogP contribution in [0.3, 0.4) is 0 Å². The summed E-state index contributed by atoms with van der Waals surface area (Å²) in [5.74, 6) is 6.37. The molecular weight excluding hydrogens is 146 g/mol. The summed E-state index contributed by atoms with van der Waals surface area (Å²) in [5.41, 5.74) is 0.151. The van der Waals surface area contributed by atoms with Gasteiger partial charge in [-0.25, -0.2) is 0 Å². The molecule has 0 radical (unpaired) electrons.